The summed E-state index contributed by atoms with van der Waals surface area (Å²) < 4.78 is 1.92. The molecule has 0 saturated heterocycles. The normalized spacial score (nSPS) is 10.6. The molecule has 17 heavy (non-hydrogen) atoms. The second kappa shape index (κ2) is 3.90. The van der Waals surface area contributed by atoms with Gasteiger partial charge >= 0.3 is 0 Å². The maximum absolute atomic E-state index is 4.50. The SMILES string of the molecule is CNc1ccn2cc(-c3ccccc3)nc2n1. The Morgan fingerprint density at radius 2 is 1.88 bits per heavy atom. The summed E-state index contributed by atoms with van der Waals surface area (Å²) in [6, 6.07) is 12.0. The zero-order chi connectivity index (χ0) is 11.7. The number of hydrogen-bond donors (Lipinski definition) is 1. The van der Waals surface area contributed by atoms with Crippen molar-refractivity contribution in [2.24, 2.45) is 0 Å². The predicted molar refractivity (Wildman–Crippen MR) is 68.0 cm³/mol. The zero-order valence-electron chi connectivity index (χ0n) is 9.46. The summed E-state index contributed by atoms with van der Waals surface area (Å²) in [6.45, 7) is 0. The Morgan fingerprint density at radius 3 is 2.65 bits per heavy atom. The van der Waals surface area contributed by atoms with Crippen molar-refractivity contribution in [2.75, 3.05) is 12.4 Å². The molecule has 1 N–H and O–H groups in total. The van der Waals surface area contributed by atoms with E-state index in [0.29, 0.717) is 5.78 Å². The van der Waals surface area contributed by atoms with Gasteiger partial charge in [-0.3, -0.25) is 4.40 Å². The molecule has 0 unspecified atom stereocenters. The number of rotatable bonds is 2. The topological polar surface area (TPSA) is 42.2 Å². The number of fused-ring (bicyclic) bond motifs is 1. The number of benzene rings is 1. The molecule has 1 aromatic carbocycles. The summed E-state index contributed by atoms with van der Waals surface area (Å²) in [4.78, 5) is 8.88. The third kappa shape index (κ3) is 1.73. The van der Waals surface area contributed by atoms with E-state index in [-0.39, 0.29) is 0 Å². The lowest BCUT2D eigenvalue weighted by molar-refractivity contribution is 1.11. The molecule has 3 rings (SSSR count). The van der Waals surface area contributed by atoms with Gasteiger partial charge in [-0.15, -0.1) is 0 Å². The standard InChI is InChI=1S/C13H12N4/c1-14-12-7-8-17-9-11(15-13(17)16-12)10-5-3-2-4-6-10/h2-9H,1H3,(H,14,15,16). The Morgan fingerprint density at radius 1 is 1.06 bits per heavy atom. The number of nitrogens with one attached hydrogen (secondary N) is 1. The monoisotopic (exact) mass is 224 g/mol. The fourth-order valence-electron chi connectivity index (χ4n) is 1.76. The lowest BCUT2D eigenvalue weighted by atomic mass is 10.2. The molecule has 0 amide bonds. The molecule has 2 aromatic heterocycles. The van der Waals surface area contributed by atoms with E-state index in [4.69, 9.17) is 0 Å². The summed E-state index contributed by atoms with van der Waals surface area (Å²) >= 11 is 0. The summed E-state index contributed by atoms with van der Waals surface area (Å²) in [5.41, 5.74) is 2.04. The van der Waals surface area contributed by atoms with Crippen LogP contribution in [0.25, 0.3) is 17.0 Å². The molecule has 0 atom stereocenters. The van der Waals surface area contributed by atoms with E-state index in [2.05, 4.69) is 15.3 Å². The van der Waals surface area contributed by atoms with Crippen LogP contribution in [0.5, 0.6) is 0 Å². The Kier molecular flexibility index (Phi) is 2.26. The van der Waals surface area contributed by atoms with E-state index in [1.165, 1.54) is 0 Å². The Balaban J connectivity index is 2.14. The van der Waals surface area contributed by atoms with Crippen LogP contribution in [0.2, 0.25) is 0 Å². The van der Waals surface area contributed by atoms with Gasteiger partial charge in [-0.2, -0.15) is 4.98 Å². The van der Waals surface area contributed by atoms with Crippen LogP contribution >= 0.6 is 0 Å². The van der Waals surface area contributed by atoms with E-state index in [9.17, 15) is 0 Å². The summed E-state index contributed by atoms with van der Waals surface area (Å²) in [5.74, 6) is 1.53. The van der Waals surface area contributed by atoms with Crippen LogP contribution in [0, 0.1) is 0 Å². The van der Waals surface area contributed by atoms with Gasteiger partial charge in [0.05, 0.1) is 5.69 Å². The van der Waals surface area contributed by atoms with Gasteiger partial charge in [-0.1, -0.05) is 30.3 Å². The van der Waals surface area contributed by atoms with Gasteiger partial charge in [-0.05, 0) is 6.07 Å². The number of imidazole rings is 1. The minimum atomic E-state index is 0.704. The van der Waals surface area contributed by atoms with Crippen molar-refractivity contribution < 1.29 is 0 Å². The molecule has 0 aliphatic carbocycles. The van der Waals surface area contributed by atoms with Crippen molar-refractivity contribution in [1.29, 1.82) is 0 Å². The average molecular weight is 224 g/mol. The molecule has 0 bridgehead atoms. The van der Waals surface area contributed by atoms with Crippen LogP contribution in [0.3, 0.4) is 0 Å². The van der Waals surface area contributed by atoms with Crippen molar-refractivity contribution in [2.45, 2.75) is 0 Å². The first-order chi connectivity index (χ1) is 8.36. The molecule has 0 aliphatic rings. The number of nitrogens with zero attached hydrogens (tertiary/aromatic N) is 3. The predicted octanol–water partition coefficient (Wildman–Crippen LogP) is 2.44. The van der Waals surface area contributed by atoms with Crippen molar-refractivity contribution in [1.82, 2.24) is 14.4 Å². The molecule has 0 saturated carbocycles. The van der Waals surface area contributed by atoms with E-state index >= 15 is 0 Å². The Labute approximate surface area is 99.0 Å². The van der Waals surface area contributed by atoms with E-state index in [1.807, 2.05) is 60.2 Å². The van der Waals surface area contributed by atoms with E-state index < -0.39 is 0 Å². The van der Waals surface area contributed by atoms with Crippen LogP contribution in [0.4, 0.5) is 5.82 Å². The first-order valence-electron chi connectivity index (χ1n) is 5.46. The highest BCUT2D eigenvalue weighted by atomic mass is 15.1. The largest absolute Gasteiger partial charge is 0.373 e. The first-order valence-corrected chi connectivity index (χ1v) is 5.46. The number of hydrogen-bond acceptors (Lipinski definition) is 3. The smallest absolute Gasteiger partial charge is 0.236 e. The van der Waals surface area contributed by atoms with Crippen LogP contribution in [-0.2, 0) is 0 Å². The van der Waals surface area contributed by atoms with Crippen LogP contribution in [-0.4, -0.2) is 21.4 Å². The van der Waals surface area contributed by atoms with Crippen molar-refractivity contribution >= 4 is 11.6 Å². The second-order valence-electron chi connectivity index (χ2n) is 3.76. The Hall–Kier alpha value is -2.36. The lowest BCUT2D eigenvalue weighted by Crippen LogP contribution is -1.94. The molecule has 0 radical (unpaired) electrons. The van der Waals surface area contributed by atoms with E-state index in [0.717, 1.165) is 17.1 Å². The highest BCUT2D eigenvalue weighted by Gasteiger charge is 2.04. The molecule has 84 valence electrons. The number of anilines is 1. The highest BCUT2D eigenvalue weighted by molar-refractivity contribution is 5.61. The van der Waals surface area contributed by atoms with Crippen molar-refractivity contribution in [3.05, 3.63) is 48.8 Å². The molecule has 4 heteroatoms. The summed E-state index contributed by atoms with van der Waals surface area (Å²) in [7, 11) is 1.85. The third-order valence-corrected chi connectivity index (χ3v) is 2.65. The molecule has 4 nitrogen and oxygen atoms in total. The van der Waals surface area contributed by atoms with Crippen molar-refractivity contribution in [3.63, 3.8) is 0 Å². The van der Waals surface area contributed by atoms with Gasteiger partial charge in [0.25, 0.3) is 0 Å². The van der Waals surface area contributed by atoms with Gasteiger partial charge in [-0.25, -0.2) is 4.98 Å². The zero-order valence-corrected chi connectivity index (χ0v) is 9.46. The van der Waals surface area contributed by atoms with Crippen LogP contribution < -0.4 is 5.32 Å². The summed E-state index contributed by atoms with van der Waals surface area (Å²) in [5, 5.41) is 3.00. The summed E-state index contributed by atoms with van der Waals surface area (Å²) in [6.07, 6.45) is 3.94. The fraction of sp³-hybridized carbons (Fsp3) is 0.0769. The minimum Gasteiger partial charge on any atom is -0.373 e. The van der Waals surface area contributed by atoms with Gasteiger partial charge < -0.3 is 5.32 Å². The third-order valence-electron chi connectivity index (χ3n) is 2.65. The lowest BCUT2D eigenvalue weighted by Gasteiger charge is -1.97. The molecule has 0 spiro atoms. The van der Waals surface area contributed by atoms with Gasteiger partial charge in [0.15, 0.2) is 0 Å². The first kappa shape index (κ1) is 9.84. The minimum absolute atomic E-state index is 0.704. The average Bonchev–Trinajstić information content (AvgIpc) is 2.82. The molecule has 0 aliphatic heterocycles. The highest BCUT2D eigenvalue weighted by Crippen LogP contribution is 2.18. The maximum Gasteiger partial charge on any atom is 0.236 e. The van der Waals surface area contributed by atoms with E-state index in [1.54, 1.807) is 0 Å². The number of aromatic nitrogens is 3. The maximum atomic E-state index is 4.50. The molecule has 2 heterocycles. The van der Waals surface area contributed by atoms with Gasteiger partial charge in [0, 0.05) is 25.0 Å². The van der Waals surface area contributed by atoms with Crippen LogP contribution in [0.15, 0.2) is 48.8 Å². The van der Waals surface area contributed by atoms with Gasteiger partial charge in [0.2, 0.25) is 5.78 Å². The molecule has 0 fully saturated rings. The molecular weight excluding hydrogens is 212 g/mol. The Bertz CT molecular complexity index is 643. The quantitative estimate of drug-likeness (QED) is 0.727. The van der Waals surface area contributed by atoms with Crippen LogP contribution in [0.1, 0.15) is 0 Å². The fourth-order valence-corrected chi connectivity index (χ4v) is 1.76. The van der Waals surface area contributed by atoms with Gasteiger partial charge in [0.1, 0.15) is 5.82 Å². The molecular formula is C13H12N4. The second-order valence-corrected chi connectivity index (χ2v) is 3.76. The van der Waals surface area contributed by atoms with Crippen molar-refractivity contribution in [3.8, 4) is 11.3 Å². The molecule has 3 aromatic rings.